The molecule has 0 aliphatic carbocycles. The van der Waals surface area contributed by atoms with Gasteiger partial charge in [0, 0.05) is 0 Å². The van der Waals surface area contributed by atoms with Gasteiger partial charge in [-0.2, -0.15) is 0 Å². The number of unbranched alkanes of at least 4 members (excludes halogenated alkanes) is 5. The second kappa shape index (κ2) is 10.7. The summed E-state index contributed by atoms with van der Waals surface area (Å²) in [4.78, 5) is 0. The van der Waals surface area contributed by atoms with Crippen molar-refractivity contribution in [2.45, 2.75) is 58.0 Å². The molecule has 0 radical (unpaired) electrons. The summed E-state index contributed by atoms with van der Waals surface area (Å²) in [5.41, 5.74) is 0. The van der Waals surface area contributed by atoms with Gasteiger partial charge in [-0.1, -0.05) is 57.6 Å². The number of aliphatic hydroxyl groups is 2. The van der Waals surface area contributed by atoms with E-state index >= 15 is 0 Å². The van der Waals surface area contributed by atoms with Crippen molar-refractivity contribution in [3.05, 3.63) is 12.2 Å². The first-order valence-electron chi connectivity index (χ1n) is 5.76. The van der Waals surface area contributed by atoms with E-state index in [1.54, 1.807) is 12.2 Å². The Bertz CT molecular complexity index is 132. The van der Waals surface area contributed by atoms with Crippen molar-refractivity contribution in [3.63, 3.8) is 0 Å². The van der Waals surface area contributed by atoms with E-state index in [-0.39, 0.29) is 12.7 Å². The average molecular weight is 200 g/mol. The molecule has 0 heterocycles. The topological polar surface area (TPSA) is 40.5 Å². The van der Waals surface area contributed by atoms with Crippen LogP contribution in [0.15, 0.2) is 12.2 Å². The van der Waals surface area contributed by atoms with Crippen LogP contribution in [0.3, 0.4) is 0 Å². The van der Waals surface area contributed by atoms with E-state index in [1.165, 1.54) is 32.1 Å². The van der Waals surface area contributed by atoms with Crippen LogP contribution < -0.4 is 0 Å². The fraction of sp³-hybridized carbons (Fsp3) is 0.833. The fourth-order valence-electron chi connectivity index (χ4n) is 1.45. The minimum atomic E-state index is -0.367. The molecule has 0 aromatic heterocycles. The second-order valence-electron chi connectivity index (χ2n) is 3.73. The summed E-state index contributed by atoms with van der Waals surface area (Å²) in [6.45, 7) is 2.23. The zero-order chi connectivity index (χ0) is 10.6. The Morgan fingerprint density at radius 2 is 1.71 bits per heavy atom. The SMILES string of the molecule is CCCCCCCCC(O)C=CCO. The molecule has 1 unspecified atom stereocenters. The summed E-state index contributed by atoms with van der Waals surface area (Å²) in [5, 5.41) is 17.9. The first-order chi connectivity index (χ1) is 6.81. The summed E-state index contributed by atoms with van der Waals surface area (Å²) >= 11 is 0. The summed E-state index contributed by atoms with van der Waals surface area (Å²) in [5.74, 6) is 0. The van der Waals surface area contributed by atoms with Crippen LogP contribution >= 0.6 is 0 Å². The van der Waals surface area contributed by atoms with E-state index in [9.17, 15) is 5.11 Å². The quantitative estimate of drug-likeness (QED) is 0.444. The van der Waals surface area contributed by atoms with Gasteiger partial charge in [0.25, 0.3) is 0 Å². The molecule has 0 saturated carbocycles. The Morgan fingerprint density at radius 1 is 1.07 bits per heavy atom. The molecule has 0 aromatic rings. The third-order valence-corrected chi connectivity index (χ3v) is 2.32. The molecule has 14 heavy (non-hydrogen) atoms. The summed E-state index contributed by atoms with van der Waals surface area (Å²) < 4.78 is 0. The first kappa shape index (κ1) is 13.7. The van der Waals surface area contributed by atoms with E-state index in [1.807, 2.05) is 0 Å². The van der Waals surface area contributed by atoms with E-state index < -0.39 is 0 Å². The lowest BCUT2D eigenvalue weighted by Crippen LogP contribution is -2.01. The highest BCUT2D eigenvalue weighted by Crippen LogP contribution is 2.08. The van der Waals surface area contributed by atoms with Crippen molar-refractivity contribution in [1.82, 2.24) is 0 Å². The van der Waals surface area contributed by atoms with Crippen molar-refractivity contribution in [1.29, 1.82) is 0 Å². The molecule has 0 spiro atoms. The lowest BCUT2D eigenvalue weighted by atomic mass is 10.1. The van der Waals surface area contributed by atoms with E-state index in [0.717, 1.165) is 12.8 Å². The van der Waals surface area contributed by atoms with Crippen LogP contribution in [0.2, 0.25) is 0 Å². The molecule has 0 fully saturated rings. The van der Waals surface area contributed by atoms with Crippen molar-refractivity contribution in [3.8, 4) is 0 Å². The molecule has 0 rings (SSSR count). The van der Waals surface area contributed by atoms with Gasteiger partial charge in [-0.3, -0.25) is 0 Å². The Kier molecular flexibility index (Phi) is 10.5. The van der Waals surface area contributed by atoms with Gasteiger partial charge in [0.1, 0.15) is 0 Å². The normalized spacial score (nSPS) is 13.6. The third kappa shape index (κ3) is 9.75. The van der Waals surface area contributed by atoms with Crippen LogP contribution in [0.4, 0.5) is 0 Å². The van der Waals surface area contributed by atoms with Crippen LogP contribution in [0, 0.1) is 0 Å². The van der Waals surface area contributed by atoms with Gasteiger partial charge < -0.3 is 10.2 Å². The highest BCUT2D eigenvalue weighted by Gasteiger charge is 1.97. The van der Waals surface area contributed by atoms with Gasteiger partial charge >= 0.3 is 0 Å². The Labute approximate surface area is 87.7 Å². The fourth-order valence-corrected chi connectivity index (χ4v) is 1.45. The molecular formula is C12H24O2. The molecule has 0 bridgehead atoms. The predicted octanol–water partition coefficient (Wildman–Crippen LogP) is 2.65. The molecule has 84 valence electrons. The Morgan fingerprint density at radius 3 is 2.36 bits per heavy atom. The first-order valence-corrected chi connectivity index (χ1v) is 5.76. The van der Waals surface area contributed by atoms with Crippen molar-refractivity contribution < 1.29 is 10.2 Å². The molecule has 0 saturated heterocycles. The standard InChI is InChI=1S/C12H24O2/c1-2-3-4-5-6-7-9-12(14)10-8-11-13/h8,10,12-14H,2-7,9,11H2,1H3. The maximum atomic E-state index is 9.39. The molecular weight excluding hydrogens is 176 g/mol. The number of rotatable bonds is 9. The molecule has 2 heteroatoms. The zero-order valence-electron chi connectivity index (χ0n) is 9.28. The molecule has 2 nitrogen and oxygen atoms in total. The molecule has 2 N–H and O–H groups in total. The maximum Gasteiger partial charge on any atom is 0.0721 e. The van der Waals surface area contributed by atoms with Crippen LogP contribution in [-0.4, -0.2) is 22.9 Å². The summed E-state index contributed by atoms with van der Waals surface area (Å²) in [6, 6.07) is 0. The van der Waals surface area contributed by atoms with Crippen LogP contribution in [0.1, 0.15) is 51.9 Å². The van der Waals surface area contributed by atoms with Crippen molar-refractivity contribution in [2.75, 3.05) is 6.61 Å². The monoisotopic (exact) mass is 200 g/mol. The largest absolute Gasteiger partial charge is 0.392 e. The summed E-state index contributed by atoms with van der Waals surface area (Å²) in [6.07, 6.45) is 11.2. The number of aliphatic hydroxyl groups excluding tert-OH is 2. The molecule has 0 aliphatic rings. The van der Waals surface area contributed by atoms with Gasteiger partial charge in [0.2, 0.25) is 0 Å². The van der Waals surface area contributed by atoms with Gasteiger partial charge in [-0.25, -0.2) is 0 Å². The van der Waals surface area contributed by atoms with E-state index in [4.69, 9.17) is 5.11 Å². The van der Waals surface area contributed by atoms with Crippen molar-refractivity contribution in [2.24, 2.45) is 0 Å². The molecule has 0 aliphatic heterocycles. The van der Waals surface area contributed by atoms with Gasteiger partial charge in [0.15, 0.2) is 0 Å². The van der Waals surface area contributed by atoms with Gasteiger partial charge in [-0.05, 0) is 6.42 Å². The van der Waals surface area contributed by atoms with Crippen molar-refractivity contribution >= 4 is 0 Å². The molecule has 0 aromatic carbocycles. The van der Waals surface area contributed by atoms with Gasteiger partial charge in [0.05, 0.1) is 12.7 Å². The van der Waals surface area contributed by atoms with Crippen LogP contribution in [-0.2, 0) is 0 Å². The van der Waals surface area contributed by atoms with Gasteiger partial charge in [-0.15, -0.1) is 0 Å². The predicted molar refractivity (Wildman–Crippen MR) is 60.2 cm³/mol. The number of hydrogen-bond donors (Lipinski definition) is 2. The smallest absolute Gasteiger partial charge is 0.0721 e. The van der Waals surface area contributed by atoms with Crippen LogP contribution in [0.5, 0.6) is 0 Å². The lowest BCUT2D eigenvalue weighted by Gasteiger charge is -2.04. The van der Waals surface area contributed by atoms with Crippen LogP contribution in [0.25, 0.3) is 0 Å². The Balaban J connectivity index is 3.14. The highest BCUT2D eigenvalue weighted by molar-refractivity contribution is 4.87. The minimum Gasteiger partial charge on any atom is -0.392 e. The molecule has 1 atom stereocenters. The maximum absolute atomic E-state index is 9.39. The van der Waals surface area contributed by atoms with E-state index in [0.29, 0.717) is 0 Å². The third-order valence-electron chi connectivity index (χ3n) is 2.32. The summed E-state index contributed by atoms with van der Waals surface area (Å²) in [7, 11) is 0. The lowest BCUT2D eigenvalue weighted by molar-refractivity contribution is 0.206. The zero-order valence-corrected chi connectivity index (χ0v) is 9.28. The number of hydrogen-bond acceptors (Lipinski definition) is 2. The highest BCUT2D eigenvalue weighted by atomic mass is 16.3. The molecule has 0 amide bonds. The Hall–Kier alpha value is -0.340. The minimum absolute atomic E-state index is 0.0214. The van der Waals surface area contributed by atoms with E-state index in [2.05, 4.69) is 6.92 Å². The average Bonchev–Trinajstić information content (AvgIpc) is 2.20. The second-order valence-corrected chi connectivity index (χ2v) is 3.73.